The third-order valence-electron chi connectivity index (χ3n) is 4.16. The molecule has 1 aliphatic heterocycles. The number of fused-ring (bicyclic) bond motifs is 1. The molecular formula is C18H22N2. The van der Waals surface area contributed by atoms with Crippen LogP contribution in [0.1, 0.15) is 29.2 Å². The lowest BCUT2D eigenvalue weighted by molar-refractivity contribution is 0.245. The van der Waals surface area contributed by atoms with Crippen LogP contribution in [0.3, 0.4) is 0 Å². The molecule has 0 fully saturated rings. The number of hydrogen-bond donors (Lipinski definition) is 1. The summed E-state index contributed by atoms with van der Waals surface area (Å²) in [6.45, 7) is 5.36. The number of nitrogens with two attached hydrogens (primary N) is 1. The van der Waals surface area contributed by atoms with Gasteiger partial charge in [0.05, 0.1) is 0 Å². The highest BCUT2D eigenvalue weighted by molar-refractivity contribution is 5.45. The predicted molar refractivity (Wildman–Crippen MR) is 84.5 cm³/mol. The number of nitrogen functional groups attached to an aromatic ring is 1. The van der Waals surface area contributed by atoms with E-state index in [4.69, 9.17) is 5.73 Å². The molecule has 2 aromatic carbocycles. The van der Waals surface area contributed by atoms with E-state index in [0.29, 0.717) is 0 Å². The second-order valence-corrected chi connectivity index (χ2v) is 5.66. The zero-order valence-corrected chi connectivity index (χ0v) is 12.1. The molecule has 0 saturated carbocycles. The summed E-state index contributed by atoms with van der Waals surface area (Å²) >= 11 is 0. The Bertz CT molecular complexity index is 587. The Morgan fingerprint density at radius 2 is 1.75 bits per heavy atom. The van der Waals surface area contributed by atoms with Gasteiger partial charge >= 0.3 is 0 Å². The summed E-state index contributed by atoms with van der Waals surface area (Å²) in [6.07, 6.45) is 2.24. The standard InChI is InChI=1S/C18H22N2/c1-2-14-3-5-15(6-4-14)12-20-10-9-16-7-8-18(19)11-17(16)13-20/h3-8,11H,2,9-10,12-13,19H2,1H3. The molecular weight excluding hydrogens is 244 g/mol. The SMILES string of the molecule is CCc1ccc(CN2CCc3ccc(N)cc3C2)cc1. The van der Waals surface area contributed by atoms with Crippen LogP contribution >= 0.6 is 0 Å². The van der Waals surface area contributed by atoms with Gasteiger partial charge in [0.2, 0.25) is 0 Å². The second kappa shape index (κ2) is 5.68. The van der Waals surface area contributed by atoms with Crippen molar-refractivity contribution in [1.82, 2.24) is 4.90 Å². The molecule has 0 unspecified atom stereocenters. The molecule has 0 atom stereocenters. The van der Waals surface area contributed by atoms with Gasteiger partial charge in [-0.05, 0) is 47.2 Å². The van der Waals surface area contributed by atoms with E-state index < -0.39 is 0 Å². The van der Waals surface area contributed by atoms with E-state index in [1.54, 1.807) is 0 Å². The van der Waals surface area contributed by atoms with Crippen LogP contribution in [0, 0.1) is 0 Å². The molecule has 0 aliphatic carbocycles. The third kappa shape index (κ3) is 2.86. The van der Waals surface area contributed by atoms with E-state index in [1.807, 2.05) is 6.07 Å². The minimum Gasteiger partial charge on any atom is -0.399 e. The van der Waals surface area contributed by atoms with Gasteiger partial charge in [0.1, 0.15) is 0 Å². The van der Waals surface area contributed by atoms with E-state index >= 15 is 0 Å². The van der Waals surface area contributed by atoms with Crippen LogP contribution in [0.4, 0.5) is 5.69 Å². The first-order chi connectivity index (χ1) is 9.74. The van der Waals surface area contributed by atoms with Gasteiger partial charge in [-0.1, -0.05) is 37.3 Å². The van der Waals surface area contributed by atoms with Crippen molar-refractivity contribution in [3.05, 3.63) is 64.7 Å². The molecule has 0 amide bonds. The van der Waals surface area contributed by atoms with Crippen molar-refractivity contribution in [2.45, 2.75) is 32.9 Å². The van der Waals surface area contributed by atoms with Crippen LogP contribution in [0.5, 0.6) is 0 Å². The van der Waals surface area contributed by atoms with Gasteiger partial charge in [-0.15, -0.1) is 0 Å². The lowest BCUT2D eigenvalue weighted by atomic mass is 9.98. The van der Waals surface area contributed by atoms with Crippen LogP contribution < -0.4 is 5.73 Å². The molecule has 0 radical (unpaired) electrons. The average Bonchev–Trinajstić information content (AvgIpc) is 2.47. The predicted octanol–water partition coefficient (Wildman–Crippen LogP) is 3.39. The quantitative estimate of drug-likeness (QED) is 0.863. The van der Waals surface area contributed by atoms with Gasteiger partial charge in [-0.3, -0.25) is 4.90 Å². The first-order valence-electron chi connectivity index (χ1n) is 7.42. The summed E-state index contributed by atoms with van der Waals surface area (Å²) in [6, 6.07) is 15.3. The molecule has 0 saturated heterocycles. The number of aryl methyl sites for hydroxylation is 1. The largest absolute Gasteiger partial charge is 0.399 e. The highest BCUT2D eigenvalue weighted by Crippen LogP contribution is 2.22. The molecule has 0 bridgehead atoms. The highest BCUT2D eigenvalue weighted by Gasteiger charge is 2.16. The minimum absolute atomic E-state index is 0.873. The Balaban J connectivity index is 1.70. The van der Waals surface area contributed by atoms with Crippen LogP contribution in [-0.4, -0.2) is 11.4 Å². The molecule has 2 aromatic rings. The third-order valence-corrected chi connectivity index (χ3v) is 4.16. The molecule has 0 aromatic heterocycles. The van der Waals surface area contributed by atoms with E-state index in [2.05, 4.69) is 48.2 Å². The maximum Gasteiger partial charge on any atom is 0.0317 e. The Morgan fingerprint density at radius 1 is 1.00 bits per heavy atom. The highest BCUT2D eigenvalue weighted by atomic mass is 15.1. The molecule has 2 N–H and O–H groups in total. The van der Waals surface area contributed by atoms with Crippen LogP contribution in [0.25, 0.3) is 0 Å². The number of rotatable bonds is 3. The number of benzene rings is 2. The molecule has 1 heterocycles. The van der Waals surface area contributed by atoms with Gasteiger partial charge < -0.3 is 5.73 Å². The van der Waals surface area contributed by atoms with Crippen molar-refractivity contribution in [2.75, 3.05) is 12.3 Å². The molecule has 2 heteroatoms. The Kier molecular flexibility index (Phi) is 3.75. The second-order valence-electron chi connectivity index (χ2n) is 5.66. The average molecular weight is 266 g/mol. The summed E-state index contributed by atoms with van der Waals surface area (Å²) in [4.78, 5) is 2.50. The van der Waals surface area contributed by atoms with E-state index in [0.717, 1.165) is 38.2 Å². The number of anilines is 1. The van der Waals surface area contributed by atoms with Crippen LogP contribution in [-0.2, 0) is 25.9 Å². The van der Waals surface area contributed by atoms with Crippen molar-refractivity contribution in [3.8, 4) is 0 Å². The number of nitrogens with zero attached hydrogens (tertiary/aromatic N) is 1. The minimum atomic E-state index is 0.873. The van der Waals surface area contributed by atoms with Gasteiger partial charge in [-0.2, -0.15) is 0 Å². The van der Waals surface area contributed by atoms with Crippen LogP contribution in [0.2, 0.25) is 0 Å². The lowest BCUT2D eigenvalue weighted by Gasteiger charge is -2.29. The fraction of sp³-hybridized carbons (Fsp3) is 0.333. The molecule has 1 aliphatic rings. The summed E-state index contributed by atoms with van der Waals surface area (Å²) in [5.41, 5.74) is 12.4. The zero-order valence-electron chi connectivity index (χ0n) is 12.1. The summed E-state index contributed by atoms with van der Waals surface area (Å²) in [5.74, 6) is 0. The monoisotopic (exact) mass is 266 g/mol. The maximum atomic E-state index is 5.89. The summed E-state index contributed by atoms with van der Waals surface area (Å²) in [5, 5.41) is 0. The van der Waals surface area contributed by atoms with E-state index in [-0.39, 0.29) is 0 Å². The van der Waals surface area contributed by atoms with Crippen molar-refractivity contribution in [2.24, 2.45) is 0 Å². The zero-order chi connectivity index (χ0) is 13.9. The normalized spacial score (nSPS) is 15.1. The summed E-state index contributed by atoms with van der Waals surface area (Å²) < 4.78 is 0. The molecule has 0 spiro atoms. The Labute approximate surface area is 121 Å². The topological polar surface area (TPSA) is 29.3 Å². The van der Waals surface area contributed by atoms with Crippen molar-refractivity contribution in [1.29, 1.82) is 0 Å². The maximum absolute atomic E-state index is 5.89. The van der Waals surface area contributed by atoms with E-state index in [1.165, 1.54) is 22.3 Å². The van der Waals surface area contributed by atoms with Gasteiger partial charge in [0.25, 0.3) is 0 Å². The molecule has 20 heavy (non-hydrogen) atoms. The van der Waals surface area contributed by atoms with Crippen molar-refractivity contribution < 1.29 is 0 Å². The van der Waals surface area contributed by atoms with Gasteiger partial charge in [0.15, 0.2) is 0 Å². The number of hydrogen-bond acceptors (Lipinski definition) is 2. The fourth-order valence-corrected chi connectivity index (χ4v) is 2.91. The van der Waals surface area contributed by atoms with E-state index in [9.17, 15) is 0 Å². The summed E-state index contributed by atoms with van der Waals surface area (Å²) in [7, 11) is 0. The first kappa shape index (κ1) is 13.2. The smallest absolute Gasteiger partial charge is 0.0317 e. The van der Waals surface area contributed by atoms with Gasteiger partial charge in [-0.25, -0.2) is 0 Å². The first-order valence-corrected chi connectivity index (χ1v) is 7.42. The van der Waals surface area contributed by atoms with Crippen molar-refractivity contribution in [3.63, 3.8) is 0 Å². The Morgan fingerprint density at radius 3 is 2.50 bits per heavy atom. The van der Waals surface area contributed by atoms with Crippen LogP contribution in [0.15, 0.2) is 42.5 Å². The van der Waals surface area contributed by atoms with Gasteiger partial charge in [0, 0.05) is 25.3 Å². The van der Waals surface area contributed by atoms with Crippen molar-refractivity contribution >= 4 is 5.69 Å². The molecule has 3 rings (SSSR count). The molecule has 104 valence electrons. The molecule has 2 nitrogen and oxygen atoms in total. The Hall–Kier alpha value is -1.80. The fourth-order valence-electron chi connectivity index (χ4n) is 2.91. The lowest BCUT2D eigenvalue weighted by Crippen LogP contribution is -2.30.